The van der Waals surface area contributed by atoms with Crippen molar-refractivity contribution in [2.45, 2.75) is 18.6 Å². The zero-order chi connectivity index (χ0) is 16.2. The van der Waals surface area contributed by atoms with Crippen molar-refractivity contribution in [3.05, 3.63) is 42.7 Å². The van der Waals surface area contributed by atoms with Crippen molar-refractivity contribution in [2.24, 2.45) is 0 Å². The first-order valence-corrected chi connectivity index (χ1v) is 7.50. The number of pyridine rings is 1. The SMILES string of the molecule is COC[C@@H]1C[C@H](OC)CN1C(=O)c1cc(-n2ccnc2)ccn1. The molecule has 1 aliphatic rings. The summed E-state index contributed by atoms with van der Waals surface area (Å²) in [7, 11) is 3.31. The van der Waals surface area contributed by atoms with Crippen LogP contribution in [0.25, 0.3) is 5.69 Å². The Morgan fingerprint density at radius 2 is 2.26 bits per heavy atom. The Hall–Kier alpha value is -2.25. The normalized spacial score (nSPS) is 20.9. The highest BCUT2D eigenvalue weighted by Gasteiger charge is 2.36. The van der Waals surface area contributed by atoms with E-state index in [0.29, 0.717) is 18.8 Å². The molecule has 0 N–H and O–H groups in total. The Labute approximate surface area is 134 Å². The monoisotopic (exact) mass is 316 g/mol. The van der Waals surface area contributed by atoms with Gasteiger partial charge in [0.1, 0.15) is 5.69 Å². The highest BCUT2D eigenvalue weighted by molar-refractivity contribution is 5.93. The van der Waals surface area contributed by atoms with Gasteiger partial charge in [0.15, 0.2) is 0 Å². The van der Waals surface area contributed by atoms with Crippen LogP contribution in [-0.4, -0.2) is 64.9 Å². The molecule has 1 saturated heterocycles. The van der Waals surface area contributed by atoms with Gasteiger partial charge in [0.05, 0.1) is 30.8 Å². The number of aromatic nitrogens is 3. The molecular weight excluding hydrogens is 296 g/mol. The Morgan fingerprint density at radius 1 is 1.39 bits per heavy atom. The minimum Gasteiger partial charge on any atom is -0.383 e. The second kappa shape index (κ2) is 6.89. The molecule has 3 rings (SSSR count). The van der Waals surface area contributed by atoms with Crippen LogP contribution in [0.5, 0.6) is 0 Å². The Kier molecular flexibility index (Phi) is 4.68. The minimum atomic E-state index is -0.103. The van der Waals surface area contributed by atoms with Crippen LogP contribution in [0, 0.1) is 0 Å². The fraction of sp³-hybridized carbons (Fsp3) is 0.438. The molecule has 122 valence electrons. The van der Waals surface area contributed by atoms with Crippen LogP contribution in [0.3, 0.4) is 0 Å². The van der Waals surface area contributed by atoms with E-state index < -0.39 is 0 Å². The first kappa shape index (κ1) is 15.6. The van der Waals surface area contributed by atoms with Gasteiger partial charge < -0.3 is 18.9 Å². The quantitative estimate of drug-likeness (QED) is 0.827. The van der Waals surface area contributed by atoms with Crippen molar-refractivity contribution >= 4 is 5.91 Å². The summed E-state index contributed by atoms with van der Waals surface area (Å²) in [4.78, 5) is 22.9. The van der Waals surface area contributed by atoms with Crippen molar-refractivity contribution in [1.82, 2.24) is 19.4 Å². The molecular formula is C16H20N4O3. The summed E-state index contributed by atoms with van der Waals surface area (Å²) < 4.78 is 12.5. The summed E-state index contributed by atoms with van der Waals surface area (Å²) >= 11 is 0. The van der Waals surface area contributed by atoms with E-state index in [9.17, 15) is 4.79 Å². The number of rotatable bonds is 5. The number of carbonyl (C=O) groups excluding carboxylic acids is 1. The van der Waals surface area contributed by atoms with Gasteiger partial charge in [-0.05, 0) is 18.6 Å². The zero-order valence-corrected chi connectivity index (χ0v) is 13.3. The number of carbonyl (C=O) groups is 1. The lowest BCUT2D eigenvalue weighted by atomic mass is 10.2. The number of nitrogens with zero attached hydrogens (tertiary/aromatic N) is 4. The molecule has 2 atom stereocenters. The zero-order valence-electron chi connectivity index (χ0n) is 13.3. The molecule has 0 bridgehead atoms. The average Bonchev–Trinajstić information content (AvgIpc) is 3.24. The van der Waals surface area contributed by atoms with Gasteiger partial charge in [0, 0.05) is 39.4 Å². The van der Waals surface area contributed by atoms with E-state index >= 15 is 0 Å². The molecule has 23 heavy (non-hydrogen) atoms. The first-order valence-electron chi connectivity index (χ1n) is 7.50. The third-order valence-corrected chi connectivity index (χ3v) is 4.09. The fourth-order valence-corrected chi connectivity index (χ4v) is 2.90. The number of amides is 1. The standard InChI is InChI=1S/C16H20N4O3/c1-22-10-13-7-14(23-2)9-20(13)16(21)15-8-12(3-4-18-15)19-6-5-17-11-19/h3-6,8,11,13-14H,7,9-10H2,1-2H3/t13-,14-/m0/s1. The minimum absolute atomic E-state index is 0.0103. The third-order valence-electron chi connectivity index (χ3n) is 4.09. The Morgan fingerprint density at radius 3 is 2.96 bits per heavy atom. The highest BCUT2D eigenvalue weighted by Crippen LogP contribution is 2.22. The van der Waals surface area contributed by atoms with Crippen LogP contribution in [0.1, 0.15) is 16.9 Å². The van der Waals surface area contributed by atoms with E-state index in [4.69, 9.17) is 9.47 Å². The number of hydrogen-bond acceptors (Lipinski definition) is 5. The topological polar surface area (TPSA) is 69.5 Å². The molecule has 7 heteroatoms. The lowest BCUT2D eigenvalue weighted by molar-refractivity contribution is 0.0606. The van der Waals surface area contributed by atoms with Gasteiger partial charge in [-0.15, -0.1) is 0 Å². The van der Waals surface area contributed by atoms with E-state index in [1.807, 2.05) is 16.8 Å². The molecule has 0 radical (unpaired) electrons. The van der Waals surface area contributed by atoms with E-state index in [-0.39, 0.29) is 18.1 Å². The van der Waals surface area contributed by atoms with Crippen molar-refractivity contribution < 1.29 is 14.3 Å². The molecule has 2 aromatic rings. The molecule has 0 aromatic carbocycles. The summed E-state index contributed by atoms with van der Waals surface area (Å²) in [6.45, 7) is 1.05. The van der Waals surface area contributed by atoms with Crippen LogP contribution < -0.4 is 0 Å². The average molecular weight is 316 g/mol. The van der Waals surface area contributed by atoms with Crippen molar-refractivity contribution in [1.29, 1.82) is 0 Å². The van der Waals surface area contributed by atoms with Gasteiger partial charge in [-0.3, -0.25) is 9.78 Å². The Bertz CT molecular complexity index is 659. The van der Waals surface area contributed by atoms with E-state index in [1.54, 1.807) is 43.9 Å². The lowest BCUT2D eigenvalue weighted by Crippen LogP contribution is -2.38. The van der Waals surface area contributed by atoms with Gasteiger partial charge >= 0.3 is 0 Å². The molecule has 0 aliphatic carbocycles. The van der Waals surface area contributed by atoms with Gasteiger partial charge in [0.25, 0.3) is 5.91 Å². The summed E-state index contributed by atoms with van der Waals surface area (Å²) in [5, 5.41) is 0. The van der Waals surface area contributed by atoms with E-state index in [0.717, 1.165) is 12.1 Å². The predicted octanol–water partition coefficient (Wildman–Crippen LogP) is 1.14. The van der Waals surface area contributed by atoms with Crippen molar-refractivity contribution in [2.75, 3.05) is 27.4 Å². The molecule has 7 nitrogen and oxygen atoms in total. The number of methoxy groups -OCH3 is 2. The summed E-state index contributed by atoms with van der Waals surface area (Å²) in [6.07, 6.45) is 7.66. The summed E-state index contributed by atoms with van der Waals surface area (Å²) in [5.74, 6) is -0.103. The maximum atomic E-state index is 12.8. The first-order chi connectivity index (χ1) is 11.2. The predicted molar refractivity (Wildman–Crippen MR) is 83.5 cm³/mol. The van der Waals surface area contributed by atoms with Crippen LogP contribution >= 0.6 is 0 Å². The molecule has 0 spiro atoms. The van der Waals surface area contributed by atoms with Crippen molar-refractivity contribution in [3.63, 3.8) is 0 Å². The van der Waals surface area contributed by atoms with Crippen molar-refractivity contribution in [3.8, 4) is 5.69 Å². The number of imidazole rings is 1. The largest absolute Gasteiger partial charge is 0.383 e. The van der Waals surface area contributed by atoms with E-state index in [1.165, 1.54) is 0 Å². The van der Waals surface area contributed by atoms with Gasteiger partial charge in [0.2, 0.25) is 0 Å². The van der Waals surface area contributed by atoms with Gasteiger partial charge in [-0.25, -0.2) is 4.98 Å². The summed E-state index contributed by atoms with van der Waals surface area (Å²) in [6, 6.07) is 3.62. The molecule has 1 amide bonds. The van der Waals surface area contributed by atoms with E-state index in [2.05, 4.69) is 9.97 Å². The molecule has 3 heterocycles. The van der Waals surface area contributed by atoms with Crippen LogP contribution in [0.2, 0.25) is 0 Å². The smallest absolute Gasteiger partial charge is 0.272 e. The second-order valence-corrected chi connectivity index (χ2v) is 5.53. The molecule has 0 saturated carbocycles. The van der Waals surface area contributed by atoms with Crippen LogP contribution in [-0.2, 0) is 9.47 Å². The molecule has 1 fully saturated rings. The second-order valence-electron chi connectivity index (χ2n) is 5.53. The number of hydrogen-bond donors (Lipinski definition) is 0. The Balaban J connectivity index is 1.83. The molecule has 2 aromatic heterocycles. The molecule has 0 unspecified atom stereocenters. The summed E-state index contributed by atoms with van der Waals surface area (Å²) in [5.41, 5.74) is 1.26. The van der Waals surface area contributed by atoms with Crippen LogP contribution in [0.15, 0.2) is 37.1 Å². The number of ether oxygens (including phenoxy) is 2. The third kappa shape index (κ3) is 3.25. The van der Waals surface area contributed by atoms with Gasteiger partial charge in [-0.1, -0.05) is 0 Å². The van der Waals surface area contributed by atoms with Gasteiger partial charge in [-0.2, -0.15) is 0 Å². The molecule has 1 aliphatic heterocycles. The maximum Gasteiger partial charge on any atom is 0.272 e. The highest BCUT2D eigenvalue weighted by atomic mass is 16.5. The maximum absolute atomic E-state index is 12.8. The fourth-order valence-electron chi connectivity index (χ4n) is 2.90. The van der Waals surface area contributed by atoms with Crippen LogP contribution in [0.4, 0.5) is 0 Å². The number of likely N-dealkylation sites (tertiary alicyclic amines) is 1. The lowest BCUT2D eigenvalue weighted by Gasteiger charge is -2.23.